The summed E-state index contributed by atoms with van der Waals surface area (Å²) in [4.78, 5) is 48.8. The highest BCUT2D eigenvalue weighted by Gasteiger charge is 2.50. The third kappa shape index (κ3) is 11.0. The van der Waals surface area contributed by atoms with Gasteiger partial charge in [-0.25, -0.2) is 4.79 Å². The van der Waals surface area contributed by atoms with Crippen LogP contribution < -0.4 is 10.6 Å². The number of carbonyl (C=O) groups excluding carboxylic acids is 2. The van der Waals surface area contributed by atoms with E-state index in [1.165, 1.54) is 13.8 Å². The number of aliphatic carboxylic acids is 2. The van der Waals surface area contributed by atoms with Gasteiger partial charge >= 0.3 is 11.9 Å². The summed E-state index contributed by atoms with van der Waals surface area (Å²) in [6.07, 6.45) is -9.35. The number of carboxylic acid groups (broad SMARTS) is 2. The Hall–Kier alpha value is -2.56. The van der Waals surface area contributed by atoms with Crippen molar-refractivity contribution in [2.45, 2.75) is 122 Å². The monoisotopic (exact) mass is 820 g/mol. The highest BCUT2D eigenvalue weighted by molar-refractivity contribution is 5.74. The average Bonchev–Trinajstić information content (AvgIpc) is 3.14. The Kier molecular flexibility index (Phi) is 17.0. The summed E-state index contributed by atoms with van der Waals surface area (Å²) in [5, 5.41) is 77.4. The zero-order valence-corrected chi connectivity index (χ0v) is 33.7. The van der Waals surface area contributed by atoms with E-state index in [1.54, 1.807) is 13.8 Å². The Balaban J connectivity index is 1.44. The van der Waals surface area contributed by atoms with Gasteiger partial charge in [0.25, 0.3) is 0 Å². The molecule has 328 valence electrons. The van der Waals surface area contributed by atoms with Crippen LogP contribution in [0.3, 0.4) is 0 Å². The van der Waals surface area contributed by atoms with Gasteiger partial charge in [0.1, 0.15) is 12.2 Å². The molecular formula is C38H64N2O17. The van der Waals surface area contributed by atoms with E-state index >= 15 is 0 Å². The second-order valence-electron chi connectivity index (χ2n) is 16.6. The van der Waals surface area contributed by atoms with Crippen LogP contribution in [0.25, 0.3) is 0 Å². The minimum atomic E-state index is -1.55. The fourth-order valence-corrected chi connectivity index (χ4v) is 8.97. The van der Waals surface area contributed by atoms with Gasteiger partial charge in [0.15, 0.2) is 18.7 Å². The molecule has 19 nitrogen and oxygen atoms in total. The van der Waals surface area contributed by atoms with Crippen LogP contribution in [0.4, 0.5) is 0 Å². The molecule has 4 aliphatic rings. The highest BCUT2D eigenvalue weighted by atomic mass is 16.7. The van der Waals surface area contributed by atoms with Crippen molar-refractivity contribution in [3.05, 3.63) is 0 Å². The lowest BCUT2D eigenvalue weighted by Gasteiger charge is -2.47. The second kappa shape index (κ2) is 20.6. The van der Waals surface area contributed by atoms with Crippen molar-refractivity contribution < 1.29 is 83.3 Å². The maximum Gasteiger partial charge on any atom is 0.333 e. The molecule has 20 atom stereocenters. The smallest absolute Gasteiger partial charge is 0.333 e. The number of amides is 2. The number of aliphatic hydroxyl groups excluding tert-OH is 5. The molecular weight excluding hydrogens is 756 g/mol. The van der Waals surface area contributed by atoms with Crippen molar-refractivity contribution in [1.29, 1.82) is 0 Å². The van der Waals surface area contributed by atoms with Crippen molar-refractivity contribution in [3.8, 4) is 0 Å². The Labute approximate surface area is 332 Å². The van der Waals surface area contributed by atoms with E-state index in [0.717, 1.165) is 0 Å². The van der Waals surface area contributed by atoms with Gasteiger partial charge in [0, 0.05) is 37.5 Å². The van der Waals surface area contributed by atoms with Crippen molar-refractivity contribution in [3.63, 3.8) is 0 Å². The maximum absolute atomic E-state index is 12.6. The van der Waals surface area contributed by atoms with Crippen LogP contribution in [0.15, 0.2) is 0 Å². The third-order valence-electron chi connectivity index (χ3n) is 13.0. The minimum absolute atomic E-state index is 0.0909. The Morgan fingerprint density at radius 1 is 0.614 bits per heavy atom. The largest absolute Gasteiger partial charge is 0.481 e. The summed E-state index contributed by atoms with van der Waals surface area (Å²) in [5.74, 6) is -7.81. The highest BCUT2D eigenvalue weighted by Crippen LogP contribution is 2.40. The summed E-state index contributed by atoms with van der Waals surface area (Å²) in [6, 6.07) is -1.75. The number of hydrogen-bond acceptors (Lipinski definition) is 15. The van der Waals surface area contributed by atoms with Gasteiger partial charge in [-0.05, 0) is 30.1 Å². The molecule has 2 amide bonds. The number of aliphatic hydroxyl groups is 5. The quantitative estimate of drug-likeness (QED) is 0.0861. The van der Waals surface area contributed by atoms with Gasteiger partial charge in [0.05, 0.1) is 82.1 Å². The first kappa shape index (κ1) is 47.1. The average molecular weight is 821 g/mol. The Morgan fingerprint density at radius 3 is 1.81 bits per heavy atom. The number of nitrogens with one attached hydrogen (secondary N) is 2. The number of rotatable bonds is 16. The number of ether oxygens (including phenoxy) is 6. The lowest BCUT2D eigenvalue weighted by Crippen LogP contribution is -2.62. The SMILES string of the molecule is CC(=O)NC1[C@H](COC[C@@H]2C(C(=O)O)O[C@@H](OC[C@H]3C(NC(C)=O)[C@H](O)OC(CO)[C@H]3O)C(C)[C@@H]2C)OC(CO)[C@@H](C)[C@H]1CO[C@@H]1CC(C(=O)O)[C@@H](O)[C@@H](C)C1C. The third-order valence-corrected chi connectivity index (χ3v) is 13.0. The Bertz CT molecular complexity index is 1360. The van der Waals surface area contributed by atoms with E-state index in [2.05, 4.69) is 10.6 Å². The van der Waals surface area contributed by atoms with E-state index in [-0.39, 0.29) is 69.0 Å². The molecule has 4 rings (SSSR count). The van der Waals surface area contributed by atoms with Crippen molar-refractivity contribution in [2.24, 2.45) is 53.3 Å². The van der Waals surface area contributed by atoms with E-state index in [0.29, 0.717) is 0 Å². The first-order valence-electron chi connectivity index (χ1n) is 19.9. The molecule has 8 unspecified atom stereocenters. The summed E-state index contributed by atoms with van der Waals surface area (Å²) in [7, 11) is 0. The molecule has 4 fully saturated rings. The molecule has 1 saturated carbocycles. The zero-order valence-electron chi connectivity index (χ0n) is 33.7. The minimum Gasteiger partial charge on any atom is -0.481 e. The van der Waals surface area contributed by atoms with E-state index < -0.39 is 121 Å². The number of carbonyl (C=O) groups is 4. The van der Waals surface area contributed by atoms with Crippen LogP contribution in [-0.4, -0.2) is 167 Å². The summed E-state index contributed by atoms with van der Waals surface area (Å²) < 4.78 is 36.1. The standard InChI is InChI=1S/C38H64N2O17/c1-15-18(4)38(54-13-25-31(40-21(7)44)37(51)56-28(10-42)33(25)46)57-34(36(49)50)24(15)11-52-14-29-30(39-20(6)43)23(19(5)27(9-41)55-29)12-53-26-8-22(35(47)48)32(45)17(3)16(26)2/h15-19,22-34,37-38,41-42,45-46,51H,8-14H2,1-7H3,(H,39,43)(H,40,44)(H,47,48)(H,49,50)/t15-,16?,17-,18?,19-,22?,23+,24-,25-,26+,27?,28?,29-,30?,31?,32-,33-,34?,37+,38+/m0/s1. The lowest BCUT2D eigenvalue weighted by molar-refractivity contribution is -0.280. The van der Waals surface area contributed by atoms with Crippen molar-refractivity contribution in [1.82, 2.24) is 10.6 Å². The van der Waals surface area contributed by atoms with Crippen LogP contribution >= 0.6 is 0 Å². The van der Waals surface area contributed by atoms with Gasteiger partial charge in [-0.15, -0.1) is 0 Å². The topological polar surface area (TPSA) is 289 Å². The molecule has 3 saturated heterocycles. The van der Waals surface area contributed by atoms with Crippen molar-refractivity contribution >= 4 is 23.8 Å². The van der Waals surface area contributed by atoms with Crippen LogP contribution in [0.1, 0.15) is 54.9 Å². The zero-order chi connectivity index (χ0) is 42.5. The van der Waals surface area contributed by atoms with Gasteiger partial charge in [-0.2, -0.15) is 0 Å². The van der Waals surface area contributed by atoms with Crippen LogP contribution in [-0.2, 0) is 47.6 Å². The van der Waals surface area contributed by atoms with Gasteiger partial charge < -0.3 is 74.8 Å². The first-order valence-corrected chi connectivity index (χ1v) is 19.9. The predicted octanol–water partition coefficient (Wildman–Crippen LogP) is -1.45. The first-order chi connectivity index (χ1) is 26.8. The fourth-order valence-electron chi connectivity index (χ4n) is 8.97. The summed E-state index contributed by atoms with van der Waals surface area (Å²) >= 11 is 0. The lowest BCUT2D eigenvalue weighted by atomic mass is 9.71. The molecule has 0 aromatic carbocycles. The number of hydrogen-bond donors (Lipinski definition) is 9. The van der Waals surface area contributed by atoms with E-state index in [9.17, 15) is 54.9 Å². The molecule has 57 heavy (non-hydrogen) atoms. The summed E-state index contributed by atoms with van der Waals surface area (Å²) in [6.45, 7) is 10.5. The Morgan fingerprint density at radius 2 is 1.23 bits per heavy atom. The van der Waals surface area contributed by atoms with Crippen LogP contribution in [0.5, 0.6) is 0 Å². The molecule has 19 heteroatoms. The van der Waals surface area contributed by atoms with Crippen molar-refractivity contribution in [2.75, 3.05) is 39.6 Å². The molecule has 3 heterocycles. The molecule has 0 aromatic rings. The van der Waals surface area contributed by atoms with E-state index in [1.807, 2.05) is 20.8 Å². The fraction of sp³-hybridized carbons (Fsp3) is 0.895. The van der Waals surface area contributed by atoms with Crippen LogP contribution in [0.2, 0.25) is 0 Å². The van der Waals surface area contributed by atoms with Crippen LogP contribution in [0, 0.1) is 53.3 Å². The molecule has 9 N–H and O–H groups in total. The van der Waals surface area contributed by atoms with E-state index in [4.69, 9.17) is 28.4 Å². The predicted molar refractivity (Wildman–Crippen MR) is 196 cm³/mol. The normalized spacial score (nSPS) is 43.9. The molecule has 0 radical (unpaired) electrons. The maximum atomic E-state index is 12.6. The molecule has 0 aromatic heterocycles. The second-order valence-corrected chi connectivity index (χ2v) is 16.6. The molecule has 0 bridgehead atoms. The number of carboxylic acids is 2. The molecule has 1 aliphatic carbocycles. The van der Waals surface area contributed by atoms with Gasteiger partial charge in [0.2, 0.25) is 11.8 Å². The molecule has 0 spiro atoms. The van der Waals surface area contributed by atoms with Gasteiger partial charge in [-0.3, -0.25) is 14.4 Å². The van der Waals surface area contributed by atoms with Gasteiger partial charge in [-0.1, -0.05) is 34.6 Å². The molecule has 3 aliphatic heterocycles. The summed E-state index contributed by atoms with van der Waals surface area (Å²) in [5.41, 5.74) is 0.